The Bertz CT molecular complexity index is 555. The van der Waals surface area contributed by atoms with Crippen molar-refractivity contribution in [1.29, 1.82) is 0 Å². The quantitative estimate of drug-likeness (QED) is 0.540. The molecule has 0 fully saturated rings. The van der Waals surface area contributed by atoms with Gasteiger partial charge in [0.2, 0.25) is 11.8 Å². The number of nitrogens with two attached hydrogens (primary N) is 2. The zero-order chi connectivity index (χ0) is 17.9. The van der Waals surface area contributed by atoms with Gasteiger partial charge in [-0.2, -0.15) is 0 Å². The minimum Gasteiger partial charge on any atom is -0.393 e. The first-order chi connectivity index (χ1) is 11.4. The number of carbonyl (C=O) groups is 2. The summed E-state index contributed by atoms with van der Waals surface area (Å²) >= 11 is 0. The summed E-state index contributed by atoms with van der Waals surface area (Å²) < 4.78 is 0. The van der Waals surface area contributed by atoms with Gasteiger partial charge < -0.3 is 16.6 Å². The Balaban J connectivity index is 2.70. The maximum absolute atomic E-state index is 11.8. The van der Waals surface area contributed by atoms with Gasteiger partial charge in [-0.1, -0.05) is 55.3 Å². The van der Waals surface area contributed by atoms with E-state index < -0.39 is 23.8 Å². The molecule has 24 heavy (non-hydrogen) atoms. The molecule has 0 saturated heterocycles. The fourth-order valence-corrected chi connectivity index (χ4v) is 2.76. The topological polar surface area (TPSA) is 106 Å². The number of benzene rings is 1. The van der Waals surface area contributed by atoms with Crippen LogP contribution >= 0.6 is 0 Å². The number of hydrogen-bond donors (Lipinski definition) is 3. The number of aliphatic hydroxyl groups is 1. The third kappa shape index (κ3) is 7.42. The smallest absolute Gasteiger partial charge is 0.224 e. The molecule has 0 aliphatic rings. The number of primary amides is 2. The highest BCUT2D eigenvalue weighted by atomic mass is 16.3. The first-order valence-corrected chi connectivity index (χ1v) is 8.42. The number of hydrogen-bond acceptors (Lipinski definition) is 3. The summed E-state index contributed by atoms with van der Waals surface area (Å²) in [4.78, 5) is 22.8. The minimum atomic E-state index is -0.628. The number of carbonyl (C=O) groups excluding carboxylic acids is 2. The average molecular weight is 332 g/mol. The lowest BCUT2D eigenvalue weighted by Gasteiger charge is -2.21. The molecule has 0 radical (unpaired) electrons. The van der Waals surface area contributed by atoms with Gasteiger partial charge in [0.25, 0.3) is 0 Å². The van der Waals surface area contributed by atoms with Crippen LogP contribution < -0.4 is 11.5 Å². The molecule has 0 saturated carbocycles. The van der Waals surface area contributed by atoms with Crippen molar-refractivity contribution in [2.24, 2.45) is 17.4 Å². The van der Waals surface area contributed by atoms with Crippen molar-refractivity contribution in [2.75, 3.05) is 0 Å². The Morgan fingerprint density at radius 3 is 2.42 bits per heavy atom. The molecule has 0 aliphatic carbocycles. The molecule has 0 aliphatic heterocycles. The first-order valence-electron chi connectivity index (χ1n) is 8.42. The molecule has 5 nitrogen and oxygen atoms in total. The fraction of sp³-hybridized carbons (Fsp3) is 0.474. The van der Waals surface area contributed by atoms with Crippen LogP contribution in [0.1, 0.15) is 44.6 Å². The maximum atomic E-state index is 11.8. The van der Waals surface area contributed by atoms with Crippen molar-refractivity contribution < 1.29 is 14.7 Å². The lowest BCUT2D eigenvalue weighted by Crippen LogP contribution is -2.29. The van der Waals surface area contributed by atoms with Gasteiger partial charge in [0, 0.05) is 6.42 Å². The molecule has 5 heteroatoms. The van der Waals surface area contributed by atoms with Gasteiger partial charge in [0.15, 0.2) is 0 Å². The monoisotopic (exact) mass is 332 g/mol. The Hall–Kier alpha value is -2.14. The van der Waals surface area contributed by atoms with Gasteiger partial charge in [0.05, 0.1) is 12.0 Å². The number of aryl methyl sites for hydroxylation is 1. The summed E-state index contributed by atoms with van der Waals surface area (Å²) in [7, 11) is 0. The highest BCUT2D eigenvalue weighted by molar-refractivity contribution is 5.80. The van der Waals surface area contributed by atoms with E-state index in [4.69, 9.17) is 11.5 Å². The fourth-order valence-electron chi connectivity index (χ4n) is 2.76. The van der Waals surface area contributed by atoms with Gasteiger partial charge >= 0.3 is 0 Å². The Morgan fingerprint density at radius 2 is 1.88 bits per heavy atom. The van der Waals surface area contributed by atoms with Gasteiger partial charge in [-0.15, -0.1) is 0 Å². The molecule has 0 unspecified atom stereocenters. The second-order valence-electron chi connectivity index (χ2n) is 6.07. The van der Waals surface area contributed by atoms with Crippen molar-refractivity contribution in [3.8, 4) is 0 Å². The van der Waals surface area contributed by atoms with Crippen molar-refractivity contribution >= 4 is 11.8 Å². The summed E-state index contributed by atoms with van der Waals surface area (Å²) in [6.07, 6.45) is 4.19. The third-order valence-corrected chi connectivity index (χ3v) is 4.01. The van der Waals surface area contributed by atoms with Crippen LogP contribution in [0.25, 0.3) is 0 Å². The standard InChI is InChI=1S/C19H28N2O3/c1-2-6-15(10-12-18(20)23)17(19(21)24)13-16(22)11-9-14-7-4-3-5-8-14/h3-5,7-8,10,16-17,22H,2,6,9,11-13H2,1H3,(H2,20,23)(H2,21,24)/t16-,17+/m0/s1. The highest BCUT2D eigenvalue weighted by Crippen LogP contribution is 2.24. The van der Waals surface area contributed by atoms with E-state index in [0.29, 0.717) is 12.8 Å². The zero-order valence-corrected chi connectivity index (χ0v) is 14.3. The molecule has 1 rings (SSSR count). The molecule has 0 aromatic heterocycles. The molecule has 132 valence electrons. The normalized spacial score (nSPS) is 14.2. The molecule has 5 N–H and O–H groups in total. The second kappa shape index (κ2) is 10.6. The maximum Gasteiger partial charge on any atom is 0.224 e. The van der Waals surface area contributed by atoms with Gasteiger partial charge in [-0.05, 0) is 31.2 Å². The summed E-state index contributed by atoms with van der Waals surface area (Å²) in [5.41, 5.74) is 12.6. The molecule has 1 aromatic carbocycles. The number of amides is 2. The van der Waals surface area contributed by atoms with Crippen LogP contribution in [0.2, 0.25) is 0 Å². The highest BCUT2D eigenvalue weighted by Gasteiger charge is 2.23. The van der Waals surface area contributed by atoms with Crippen LogP contribution in [0.5, 0.6) is 0 Å². The third-order valence-electron chi connectivity index (χ3n) is 4.01. The SMILES string of the molecule is CCCC(=CCC(N)=O)[C@@H](C[C@@H](O)CCc1ccccc1)C(N)=O. The van der Waals surface area contributed by atoms with E-state index in [2.05, 4.69) is 0 Å². The molecular weight excluding hydrogens is 304 g/mol. The first kappa shape index (κ1) is 19.9. The minimum absolute atomic E-state index is 0.0826. The molecule has 0 heterocycles. The second-order valence-corrected chi connectivity index (χ2v) is 6.07. The van der Waals surface area contributed by atoms with E-state index >= 15 is 0 Å². The van der Waals surface area contributed by atoms with Crippen molar-refractivity contribution in [3.05, 3.63) is 47.5 Å². The molecule has 0 spiro atoms. The van der Waals surface area contributed by atoms with Crippen molar-refractivity contribution in [1.82, 2.24) is 0 Å². The Morgan fingerprint density at radius 1 is 1.21 bits per heavy atom. The lowest BCUT2D eigenvalue weighted by atomic mass is 9.87. The van der Waals surface area contributed by atoms with Crippen LogP contribution in [0, 0.1) is 5.92 Å². The predicted octanol–water partition coefficient (Wildman–Crippen LogP) is 2.07. The van der Waals surface area contributed by atoms with Gasteiger partial charge in [-0.25, -0.2) is 0 Å². The molecular formula is C19H28N2O3. The van der Waals surface area contributed by atoms with Crippen LogP contribution in [0.3, 0.4) is 0 Å². The van der Waals surface area contributed by atoms with E-state index in [1.807, 2.05) is 37.3 Å². The summed E-state index contributed by atoms with van der Waals surface area (Å²) in [6, 6.07) is 9.88. The van der Waals surface area contributed by atoms with E-state index in [1.54, 1.807) is 6.08 Å². The number of rotatable bonds is 11. The van der Waals surface area contributed by atoms with Crippen LogP contribution in [0.15, 0.2) is 42.0 Å². The van der Waals surface area contributed by atoms with E-state index in [1.165, 1.54) is 0 Å². The van der Waals surface area contributed by atoms with Crippen LogP contribution in [0.4, 0.5) is 0 Å². The lowest BCUT2D eigenvalue weighted by molar-refractivity contribution is -0.122. The average Bonchev–Trinajstić information content (AvgIpc) is 2.55. The Kier molecular flexibility index (Phi) is 8.79. The van der Waals surface area contributed by atoms with Crippen LogP contribution in [-0.2, 0) is 16.0 Å². The summed E-state index contributed by atoms with van der Waals surface area (Å²) in [5.74, 6) is -1.48. The zero-order valence-electron chi connectivity index (χ0n) is 14.3. The van der Waals surface area contributed by atoms with E-state index in [9.17, 15) is 14.7 Å². The summed E-state index contributed by atoms with van der Waals surface area (Å²) in [5, 5.41) is 10.3. The molecule has 2 amide bonds. The molecule has 2 atom stereocenters. The summed E-state index contributed by atoms with van der Waals surface area (Å²) in [6.45, 7) is 1.99. The van der Waals surface area contributed by atoms with Crippen molar-refractivity contribution in [2.45, 2.75) is 51.6 Å². The van der Waals surface area contributed by atoms with E-state index in [-0.39, 0.29) is 12.8 Å². The van der Waals surface area contributed by atoms with Crippen LogP contribution in [-0.4, -0.2) is 23.0 Å². The van der Waals surface area contributed by atoms with Gasteiger partial charge in [0.1, 0.15) is 0 Å². The molecule has 1 aromatic rings. The number of aliphatic hydroxyl groups excluding tert-OH is 1. The van der Waals surface area contributed by atoms with Crippen molar-refractivity contribution in [3.63, 3.8) is 0 Å². The Labute approximate surface area is 143 Å². The molecule has 0 bridgehead atoms. The van der Waals surface area contributed by atoms with E-state index in [0.717, 1.165) is 24.0 Å². The largest absolute Gasteiger partial charge is 0.393 e. The van der Waals surface area contributed by atoms with Gasteiger partial charge in [-0.3, -0.25) is 9.59 Å². The predicted molar refractivity (Wildman–Crippen MR) is 94.9 cm³/mol.